The van der Waals surface area contributed by atoms with Gasteiger partial charge in [-0.15, -0.1) is 0 Å². The summed E-state index contributed by atoms with van der Waals surface area (Å²) in [5, 5.41) is 5.68. The van der Waals surface area contributed by atoms with E-state index < -0.39 is 0 Å². The molecule has 28 heavy (non-hydrogen) atoms. The fourth-order valence-electron chi connectivity index (χ4n) is 3.42. The molecular weight excluding hydrogens is 356 g/mol. The third kappa shape index (κ3) is 3.64. The van der Waals surface area contributed by atoms with Crippen LogP contribution in [0.3, 0.4) is 0 Å². The summed E-state index contributed by atoms with van der Waals surface area (Å²) in [6.45, 7) is 0.987. The molecule has 4 rings (SSSR count). The van der Waals surface area contributed by atoms with E-state index in [9.17, 15) is 4.79 Å². The molecule has 2 heterocycles. The summed E-state index contributed by atoms with van der Waals surface area (Å²) in [5.74, 6) is 2.33. The molecular formula is C21H22N4O3. The predicted octanol–water partition coefficient (Wildman–Crippen LogP) is 4.16. The number of aromatic nitrogens is 2. The van der Waals surface area contributed by atoms with Crippen molar-refractivity contribution in [1.29, 1.82) is 0 Å². The van der Waals surface area contributed by atoms with E-state index in [-0.39, 0.29) is 6.03 Å². The van der Waals surface area contributed by atoms with Crippen LogP contribution in [0.25, 0.3) is 11.3 Å². The van der Waals surface area contributed by atoms with Crippen molar-refractivity contribution in [2.24, 2.45) is 0 Å². The highest BCUT2D eigenvalue weighted by Gasteiger charge is 2.17. The maximum atomic E-state index is 12.4. The van der Waals surface area contributed by atoms with Gasteiger partial charge in [0.25, 0.3) is 0 Å². The number of benzene rings is 2. The van der Waals surface area contributed by atoms with Gasteiger partial charge in [-0.05, 0) is 18.6 Å². The van der Waals surface area contributed by atoms with Crippen LogP contribution in [-0.4, -0.2) is 29.8 Å². The second-order valence-electron chi connectivity index (χ2n) is 6.58. The van der Waals surface area contributed by atoms with Gasteiger partial charge in [-0.3, -0.25) is 0 Å². The minimum absolute atomic E-state index is 0.342. The van der Waals surface area contributed by atoms with Gasteiger partial charge in [0.05, 0.1) is 26.1 Å². The second-order valence-corrected chi connectivity index (χ2v) is 6.58. The van der Waals surface area contributed by atoms with Gasteiger partial charge in [-0.2, -0.15) is 0 Å². The summed E-state index contributed by atoms with van der Waals surface area (Å²) in [6.07, 6.45) is 4.04. The number of imidazole rings is 1. The van der Waals surface area contributed by atoms with Gasteiger partial charge in [0.1, 0.15) is 17.3 Å². The Labute approximate surface area is 163 Å². The molecule has 2 aromatic carbocycles. The minimum atomic E-state index is -0.342. The Kier molecular flexibility index (Phi) is 4.89. The fraction of sp³-hybridized carbons (Fsp3) is 0.238. The van der Waals surface area contributed by atoms with Crippen LogP contribution >= 0.6 is 0 Å². The van der Waals surface area contributed by atoms with Gasteiger partial charge in [-0.25, -0.2) is 9.78 Å². The summed E-state index contributed by atoms with van der Waals surface area (Å²) in [5.41, 5.74) is 3.40. The zero-order chi connectivity index (χ0) is 19.5. The number of nitrogens with one attached hydrogen (secondary N) is 2. The van der Waals surface area contributed by atoms with Gasteiger partial charge in [-0.1, -0.05) is 12.1 Å². The molecule has 7 nitrogen and oxygen atoms in total. The van der Waals surface area contributed by atoms with E-state index in [0.29, 0.717) is 22.9 Å². The van der Waals surface area contributed by atoms with Crippen LogP contribution in [-0.2, 0) is 13.0 Å². The summed E-state index contributed by atoms with van der Waals surface area (Å²) < 4.78 is 12.7. The van der Waals surface area contributed by atoms with Crippen molar-refractivity contribution in [2.45, 2.75) is 19.4 Å². The largest absolute Gasteiger partial charge is 0.497 e. The molecule has 0 unspecified atom stereocenters. The van der Waals surface area contributed by atoms with Gasteiger partial charge in [0, 0.05) is 48.1 Å². The third-order valence-electron chi connectivity index (χ3n) is 4.75. The number of urea groups is 1. The van der Waals surface area contributed by atoms with E-state index in [2.05, 4.69) is 20.2 Å². The van der Waals surface area contributed by atoms with Crippen molar-refractivity contribution in [3.05, 3.63) is 54.5 Å². The smallest absolute Gasteiger partial charge is 0.323 e. The number of amides is 2. The highest BCUT2D eigenvalue weighted by molar-refractivity contribution is 6.00. The molecule has 0 bridgehead atoms. The lowest BCUT2D eigenvalue weighted by Gasteiger charge is -2.12. The van der Waals surface area contributed by atoms with Crippen LogP contribution in [0.2, 0.25) is 0 Å². The average molecular weight is 378 g/mol. The molecule has 3 aromatic rings. The number of fused-ring (bicyclic) bond motifs is 1. The highest BCUT2D eigenvalue weighted by Crippen LogP contribution is 2.28. The number of aryl methyl sites for hydroxylation is 1. The van der Waals surface area contributed by atoms with Crippen LogP contribution in [0.5, 0.6) is 11.5 Å². The SMILES string of the molecule is COc1cc(NC(=O)Nc2cccc(-c3cnc4n3CCC4)c2)cc(OC)c1. The van der Waals surface area contributed by atoms with E-state index in [1.165, 1.54) is 0 Å². The van der Waals surface area contributed by atoms with E-state index in [1.54, 1.807) is 32.4 Å². The summed E-state index contributed by atoms with van der Waals surface area (Å²) in [7, 11) is 3.13. The molecule has 1 aliphatic heterocycles. The first-order valence-electron chi connectivity index (χ1n) is 9.12. The lowest BCUT2D eigenvalue weighted by molar-refractivity contribution is 0.262. The number of rotatable bonds is 5. The molecule has 2 amide bonds. The molecule has 1 aromatic heterocycles. The van der Waals surface area contributed by atoms with E-state index in [0.717, 1.165) is 36.5 Å². The molecule has 0 saturated heterocycles. The highest BCUT2D eigenvalue weighted by atomic mass is 16.5. The van der Waals surface area contributed by atoms with Crippen molar-refractivity contribution in [3.63, 3.8) is 0 Å². The van der Waals surface area contributed by atoms with Gasteiger partial charge < -0.3 is 24.7 Å². The Morgan fingerprint density at radius 3 is 2.54 bits per heavy atom. The third-order valence-corrected chi connectivity index (χ3v) is 4.75. The van der Waals surface area contributed by atoms with Crippen molar-refractivity contribution in [3.8, 4) is 22.8 Å². The quantitative estimate of drug-likeness (QED) is 0.699. The molecule has 0 aliphatic carbocycles. The van der Waals surface area contributed by atoms with Crippen molar-refractivity contribution in [1.82, 2.24) is 9.55 Å². The Morgan fingerprint density at radius 2 is 1.79 bits per heavy atom. The van der Waals surface area contributed by atoms with Gasteiger partial charge >= 0.3 is 6.03 Å². The Morgan fingerprint density at radius 1 is 1.04 bits per heavy atom. The summed E-state index contributed by atoms with van der Waals surface area (Å²) in [4.78, 5) is 16.9. The number of methoxy groups -OCH3 is 2. The van der Waals surface area contributed by atoms with Gasteiger partial charge in [0.15, 0.2) is 0 Å². The van der Waals surface area contributed by atoms with Crippen molar-refractivity contribution in [2.75, 3.05) is 24.9 Å². The molecule has 0 fully saturated rings. The Balaban J connectivity index is 1.49. The lowest BCUT2D eigenvalue weighted by atomic mass is 10.1. The van der Waals surface area contributed by atoms with Crippen LogP contribution < -0.4 is 20.1 Å². The van der Waals surface area contributed by atoms with E-state index >= 15 is 0 Å². The molecule has 0 radical (unpaired) electrons. The Bertz CT molecular complexity index is 990. The maximum Gasteiger partial charge on any atom is 0.323 e. The minimum Gasteiger partial charge on any atom is -0.497 e. The van der Waals surface area contributed by atoms with Crippen LogP contribution in [0, 0.1) is 0 Å². The number of anilines is 2. The van der Waals surface area contributed by atoms with Crippen LogP contribution in [0.15, 0.2) is 48.7 Å². The van der Waals surface area contributed by atoms with Crippen molar-refractivity contribution < 1.29 is 14.3 Å². The molecule has 7 heteroatoms. The van der Waals surface area contributed by atoms with E-state index in [4.69, 9.17) is 9.47 Å². The Hall–Kier alpha value is -3.48. The summed E-state index contributed by atoms with van der Waals surface area (Å²) >= 11 is 0. The normalized spacial score (nSPS) is 12.4. The number of hydrogen-bond acceptors (Lipinski definition) is 4. The van der Waals surface area contributed by atoms with Crippen LogP contribution in [0.4, 0.5) is 16.2 Å². The number of nitrogens with zero attached hydrogens (tertiary/aromatic N) is 2. The first kappa shape index (κ1) is 17.9. The molecule has 2 N–H and O–H groups in total. The molecule has 0 saturated carbocycles. The topological polar surface area (TPSA) is 77.4 Å². The van der Waals surface area contributed by atoms with Gasteiger partial charge in [0.2, 0.25) is 0 Å². The maximum absolute atomic E-state index is 12.4. The first-order valence-corrected chi connectivity index (χ1v) is 9.12. The standard InChI is InChI=1S/C21H22N4O3/c1-27-17-10-16(11-18(12-17)28-2)24-21(26)23-15-6-3-5-14(9-15)19-13-22-20-7-4-8-25(19)20/h3,5-6,9-13H,4,7-8H2,1-2H3,(H2,23,24,26). The predicted molar refractivity (Wildman–Crippen MR) is 108 cm³/mol. The van der Waals surface area contributed by atoms with Crippen molar-refractivity contribution >= 4 is 17.4 Å². The first-order chi connectivity index (χ1) is 13.7. The summed E-state index contributed by atoms with van der Waals surface area (Å²) in [6, 6.07) is 12.6. The number of carbonyl (C=O) groups is 1. The molecule has 0 spiro atoms. The lowest BCUT2D eigenvalue weighted by Crippen LogP contribution is -2.19. The number of hydrogen-bond donors (Lipinski definition) is 2. The number of carbonyl (C=O) groups excluding carboxylic acids is 1. The zero-order valence-corrected chi connectivity index (χ0v) is 15.9. The van der Waals surface area contributed by atoms with Crippen LogP contribution in [0.1, 0.15) is 12.2 Å². The fourth-order valence-corrected chi connectivity index (χ4v) is 3.42. The molecule has 0 atom stereocenters. The monoisotopic (exact) mass is 378 g/mol. The molecule has 144 valence electrons. The molecule has 1 aliphatic rings. The second kappa shape index (κ2) is 7.64. The zero-order valence-electron chi connectivity index (χ0n) is 15.9. The average Bonchev–Trinajstić information content (AvgIpc) is 3.31. The van der Waals surface area contributed by atoms with E-state index in [1.807, 2.05) is 30.5 Å². The number of ether oxygens (including phenoxy) is 2.